The summed E-state index contributed by atoms with van der Waals surface area (Å²) in [5.41, 5.74) is 2.61. The molecule has 0 atom stereocenters. The molecule has 0 bridgehead atoms. The Balaban J connectivity index is 2.07. The van der Waals surface area contributed by atoms with Crippen LogP contribution in [0.3, 0.4) is 0 Å². The van der Waals surface area contributed by atoms with Crippen LogP contribution in [0.15, 0.2) is 23.1 Å². The van der Waals surface area contributed by atoms with Gasteiger partial charge in [-0.25, -0.2) is 19.0 Å². The molecule has 1 amide bonds. The van der Waals surface area contributed by atoms with Crippen molar-refractivity contribution in [1.29, 1.82) is 0 Å². The van der Waals surface area contributed by atoms with Crippen molar-refractivity contribution < 1.29 is 17.9 Å². The Hall–Kier alpha value is -1.64. The third-order valence-corrected chi connectivity index (χ3v) is 5.42. The van der Waals surface area contributed by atoms with Gasteiger partial charge in [0.15, 0.2) is 6.61 Å². The van der Waals surface area contributed by atoms with E-state index in [1.54, 1.807) is 19.1 Å². The van der Waals surface area contributed by atoms with Gasteiger partial charge in [0, 0.05) is 6.04 Å². The molecule has 0 radical (unpaired) electrons. The second kappa shape index (κ2) is 7.76. The highest BCUT2D eigenvalue weighted by Gasteiger charge is 2.22. The first kappa shape index (κ1) is 17.7. The molecule has 1 aliphatic rings. The number of hydrogen-bond acceptors (Lipinski definition) is 5. The van der Waals surface area contributed by atoms with Gasteiger partial charge in [0.05, 0.1) is 4.90 Å². The van der Waals surface area contributed by atoms with Crippen LogP contribution in [0.2, 0.25) is 0 Å². The van der Waals surface area contributed by atoms with Gasteiger partial charge in [0.25, 0.3) is 5.91 Å². The first-order chi connectivity index (χ1) is 10.9. The molecule has 128 valence electrons. The lowest BCUT2D eigenvalue weighted by Gasteiger charge is -2.22. The van der Waals surface area contributed by atoms with Gasteiger partial charge in [-0.05, 0) is 43.5 Å². The number of benzene rings is 1. The summed E-state index contributed by atoms with van der Waals surface area (Å²) in [4.78, 5) is 11.3. The Bertz CT molecular complexity index is 655. The Morgan fingerprint density at radius 2 is 2.00 bits per heavy atom. The van der Waals surface area contributed by atoms with Gasteiger partial charge in [-0.2, -0.15) is 0 Å². The van der Waals surface area contributed by atoms with E-state index in [2.05, 4.69) is 4.72 Å². The average Bonchev–Trinajstić information content (AvgIpc) is 2.53. The van der Waals surface area contributed by atoms with Crippen LogP contribution >= 0.6 is 0 Å². The van der Waals surface area contributed by atoms with Crippen molar-refractivity contribution in [3.05, 3.63) is 23.8 Å². The predicted octanol–water partition coefficient (Wildman–Crippen LogP) is 0.975. The second-order valence-corrected chi connectivity index (χ2v) is 7.45. The number of aryl methyl sites for hydroxylation is 1. The summed E-state index contributed by atoms with van der Waals surface area (Å²) >= 11 is 0. The van der Waals surface area contributed by atoms with E-state index in [0.717, 1.165) is 25.7 Å². The summed E-state index contributed by atoms with van der Waals surface area (Å²) in [5, 5.41) is 0. The fourth-order valence-corrected chi connectivity index (χ4v) is 4.03. The van der Waals surface area contributed by atoms with E-state index >= 15 is 0 Å². The number of hydrogen-bond donors (Lipinski definition) is 3. The maximum Gasteiger partial charge on any atom is 0.271 e. The van der Waals surface area contributed by atoms with Crippen molar-refractivity contribution in [2.24, 2.45) is 5.84 Å². The smallest absolute Gasteiger partial charge is 0.271 e. The van der Waals surface area contributed by atoms with Crippen LogP contribution in [0.1, 0.15) is 37.7 Å². The predicted molar refractivity (Wildman–Crippen MR) is 86.2 cm³/mol. The van der Waals surface area contributed by atoms with E-state index in [9.17, 15) is 13.2 Å². The van der Waals surface area contributed by atoms with Crippen LogP contribution < -0.4 is 20.7 Å². The van der Waals surface area contributed by atoms with Gasteiger partial charge in [-0.15, -0.1) is 0 Å². The number of hydrazine groups is 1. The number of sulfonamides is 1. The zero-order valence-electron chi connectivity index (χ0n) is 13.2. The van der Waals surface area contributed by atoms with Crippen molar-refractivity contribution in [3.63, 3.8) is 0 Å². The summed E-state index contributed by atoms with van der Waals surface area (Å²) in [6, 6.07) is 4.58. The van der Waals surface area contributed by atoms with Gasteiger partial charge in [0.2, 0.25) is 10.0 Å². The molecule has 0 aromatic heterocycles. The van der Waals surface area contributed by atoms with Crippen molar-refractivity contribution in [2.45, 2.75) is 50.0 Å². The van der Waals surface area contributed by atoms with E-state index < -0.39 is 15.9 Å². The Morgan fingerprint density at radius 3 is 2.61 bits per heavy atom. The van der Waals surface area contributed by atoms with Crippen LogP contribution in [0.4, 0.5) is 0 Å². The summed E-state index contributed by atoms with van der Waals surface area (Å²) in [5.74, 6) is 4.97. The number of carbonyl (C=O) groups excluding carboxylic acids is 1. The quantitative estimate of drug-likeness (QED) is 0.406. The summed E-state index contributed by atoms with van der Waals surface area (Å²) < 4.78 is 33.0. The van der Waals surface area contributed by atoms with Crippen molar-refractivity contribution >= 4 is 15.9 Å². The molecule has 8 heteroatoms. The summed E-state index contributed by atoms with van der Waals surface area (Å²) in [6.45, 7) is 1.51. The molecule has 1 aromatic carbocycles. The van der Waals surface area contributed by atoms with Gasteiger partial charge >= 0.3 is 0 Å². The zero-order chi connectivity index (χ0) is 16.9. The van der Waals surface area contributed by atoms with Gasteiger partial charge in [-0.1, -0.05) is 19.3 Å². The highest BCUT2D eigenvalue weighted by Crippen LogP contribution is 2.24. The van der Waals surface area contributed by atoms with Crippen LogP contribution in [-0.4, -0.2) is 27.0 Å². The number of amides is 1. The zero-order valence-corrected chi connectivity index (χ0v) is 14.0. The van der Waals surface area contributed by atoms with Crippen molar-refractivity contribution in [2.75, 3.05) is 6.61 Å². The lowest BCUT2D eigenvalue weighted by atomic mass is 9.96. The average molecular weight is 341 g/mol. The normalized spacial score (nSPS) is 16.1. The molecule has 0 aliphatic heterocycles. The molecule has 0 unspecified atom stereocenters. The third-order valence-electron chi connectivity index (χ3n) is 3.90. The molecule has 1 aromatic rings. The molecule has 0 heterocycles. The lowest BCUT2D eigenvalue weighted by Crippen LogP contribution is -2.36. The van der Waals surface area contributed by atoms with Gasteiger partial charge < -0.3 is 4.74 Å². The van der Waals surface area contributed by atoms with E-state index in [-0.39, 0.29) is 17.5 Å². The number of rotatable bonds is 6. The maximum absolute atomic E-state index is 12.4. The van der Waals surface area contributed by atoms with Crippen molar-refractivity contribution in [1.82, 2.24) is 10.1 Å². The van der Waals surface area contributed by atoms with Crippen molar-refractivity contribution in [3.8, 4) is 5.75 Å². The van der Waals surface area contributed by atoms with Gasteiger partial charge in [0.1, 0.15) is 5.75 Å². The summed E-state index contributed by atoms with van der Waals surface area (Å²) in [6.07, 6.45) is 5.05. The molecule has 1 aliphatic carbocycles. The minimum Gasteiger partial charge on any atom is -0.483 e. The van der Waals surface area contributed by atoms with Crippen LogP contribution in [0.5, 0.6) is 5.75 Å². The molecular weight excluding hydrogens is 318 g/mol. The monoisotopic (exact) mass is 341 g/mol. The minimum absolute atomic E-state index is 0.0123. The molecule has 7 nitrogen and oxygen atoms in total. The van der Waals surface area contributed by atoms with Gasteiger partial charge in [-0.3, -0.25) is 10.2 Å². The first-order valence-corrected chi connectivity index (χ1v) is 9.16. The molecule has 0 saturated heterocycles. The number of carbonyl (C=O) groups is 1. The number of ether oxygens (including phenoxy) is 1. The number of nitrogens with one attached hydrogen (secondary N) is 2. The summed E-state index contributed by atoms with van der Waals surface area (Å²) in [7, 11) is -3.54. The SMILES string of the molecule is Cc1cc(S(=O)(=O)NC2CCCCC2)ccc1OCC(=O)NN. The standard InChI is InChI=1S/C15H23N3O4S/c1-11-9-13(7-8-14(11)22-10-15(19)17-16)23(20,21)18-12-5-3-2-4-6-12/h7-9,12,18H,2-6,10,16H2,1H3,(H,17,19). The van der Waals surface area contributed by atoms with Crippen LogP contribution in [0, 0.1) is 6.92 Å². The highest BCUT2D eigenvalue weighted by molar-refractivity contribution is 7.89. The van der Waals surface area contributed by atoms with E-state index in [1.165, 1.54) is 12.5 Å². The number of nitrogens with two attached hydrogens (primary N) is 1. The second-order valence-electron chi connectivity index (χ2n) is 5.74. The fraction of sp³-hybridized carbons (Fsp3) is 0.533. The maximum atomic E-state index is 12.4. The Kier molecular flexibility index (Phi) is 5.97. The third kappa shape index (κ3) is 4.92. The Labute approximate surface area is 136 Å². The first-order valence-electron chi connectivity index (χ1n) is 7.67. The highest BCUT2D eigenvalue weighted by atomic mass is 32.2. The molecular formula is C15H23N3O4S. The van der Waals surface area contributed by atoms with E-state index in [4.69, 9.17) is 10.6 Å². The van der Waals surface area contributed by atoms with Crippen LogP contribution in [-0.2, 0) is 14.8 Å². The lowest BCUT2D eigenvalue weighted by molar-refractivity contribution is -0.123. The topological polar surface area (TPSA) is 111 Å². The molecule has 1 saturated carbocycles. The molecule has 1 fully saturated rings. The Morgan fingerprint density at radius 1 is 1.30 bits per heavy atom. The molecule has 23 heavy (non-hydrogen) atoms. The molecule has 2 rings (SSSR count). The fourth-order valence-electron chi connectivity index (χ4n) is 2.64. The molecule has 0 spiro atoms. The largest absolute Gasteiger partial charge is 0.483 e. The van der Waals surface area contributed by atoms with Crippen LogP contribution in [0.25, 0.3) is 0 Å². The van der Waals surface area contributed by atoms with E-state index in [1.807, 2.05) is 5.43 Å². The van der Waals surface area contributed by atoms with E-state index in [0.29, 0.717) is 11.3 Å². The molecule has 4 N–H and O–H groups in total. The minimum atomic E-state index is -3.54.